The SMILES string of the molecule is CCOC(=O)Cc1nc(C#N)c2ccccn12. The Hall–Kier alpha value is -2.35. The van der Waals surface area contributed by atoms with Crippen molar-refractivity contribution in [3.8, 4) is 6.07 Å². The fraction of sp³-hybridized carbons (Fsp3) is 0.250. The molecule has 0 saturated heterocycles. The quantitative estimate of drug-likeness (QED) is 0.744. The molecule has 0 N–H and O–H groups in total. The highest BCUT2D eigenvalue weighted by atomic mass is 16.5. The monoisotopic (exact) mass is 229 g/mol. The maximum Gasteiger partial charge on any atom is 0.313 e. The van der Waals surface area contributed by atoms with E-state index in [1.807, 2.05) is 18.2 Å². The number of imidazole rings is 1. The lowest BCUT2D eigenvalue weighted by Crippen LogP contribution is -2.10. The van der Waals surface area contributed by atoms with Crippen LogP contribution in [0.25, 0.3) is 5.52 Å². The largest absolute Gasteiger partial charge is 0.466 e. The van der Waals surface area contributed by atoms with Gasteiger partial charge in [0.25, 0.3) is 0 Å². The van der Waals surface area contributed by atoms with Crippen molar-refractivity contribution in [3.05, 3.63) is 35.9 Å². The van der Waals surface area contributed by atoms with Crippen molar-refractivity contribution in [3.63, 3.8) is 0 Å². The summed E-state index contributed by atoms with van der Waals surface area (Å²) in [6.45, 7) is 2.09. The molecule has 0 bridgehead atoms. The van der Waals surface area contributed by atoms with E-state index >= 15 is 0 Å². The number of carbonyl (C=O) groups excluding carboxylic acids is 1. The number of esters is 1. The number of ether oxygens (including phenoxy) is 1. The Labute approximate surface area is 98.3 Å². The molecule has 0 aromatic carbocycles. The van der Waals surface area contributed by atoms with Gasteiger partial charge in [0.05, 0.1) is 12.1 Å². The summed E-state index contributed by atoms with van der Waals surface area (Å²) in [4.78, 5) is 15.5. The number of hydrogen-bond acceptors (Lipinski definition) is 4. The number of pyridine rings is 1. The molecule has 2 aromatic heterocycles. The van der Waals surface area contributed by atoms with E-state index in [0.29, 0.717) is 23.6 Å². The van der Waals surface area contributed by atoms with Gasteiger partial charge in [0.2, 0.25) is 0 Å². The Morgan fingerprint density at radius 1 is 1.59 bits per heavy atom. The molecule has 0 atom stereocenters. The minimum absolute atomic E-state index is 0.0701. The molecule has 0 unspecified atom stereocenters. The minimum Gasteiger partial charge on any atom is -0.466 e. The normalized spacial score (nSPS) is 10.1. The molecule has 0 amide bonds. The molecular formula is C12H11N3O2. The first kappa shape index (κ1) is 11.1. The summed E-state index contributed by atoms with van der Waals surface area (Å²) in [6.07, 6.45) is 1.85. The zero-order chi connectivity index (χ0) is 12.3. The number of hydrogen-bond donors (Lipinski definition) is 0. The second-order valence-electron chi connectivity index (χ2n) is 3.43. The molecule has 0 saturated carbocycles. The predicted molar refractivity (Wildman–Crippen MR) is 60.2 cm³/mol. The highest BCUT2D eigenvalue weighted by Crippen LogP contribution is 2.12. The van der Waals surface area contributed by atoms with E-state index in [2.05, 4.69) is 4.98 Å². The van der Waals surface area contributed by atoms with Crippen molar-refractivity contribution in [1.82, 2.24) is 9.38 Å². The van der Waals surface area contributed by atoms with Crippen LogP contribution in [0.2, 0.25) is 0 Å². The van der Waals surface area contributed by atoms with Gasteiger partial charge >= 0.3 is 5.97 Å². The van der Waals surface area contributed by atoms with Gasteiger partial charge in [-0.2, -0.15) is 5.26 Å². The summed E-state index contributed by atoms with van der Waals surface area (Å²) in [7, 11) is 0. The maximum absolute atomic E-state index is 11.4. The third kappa shape index (κ3) is 2.11. The van der Waals surface area contributed by atoms with Crippen LogP contribution in [-0.4, -0.2) is 22.0 Å². The molecule has 2 aromatic rings. The number of carbonyl (C=O) groups is 1. The van der Waals surface area contributed by atoms with Gasteiger partial charge in [-0.25, -0.2) is 4.98 Å². The summed E-state index contributed by atoms with van der Waals surface area (Å²) in [5.41, 5.74) is 1.03. The summed E-state index contributed by atoms with van der Waals surface area (Å²) in [6, 6.07) is 7.45. The van der Waals surface area contributed by atoms with Crippen molar-refractivity contribution < 1.29 is 9.53 Å². The Morgan fingerprint density at radius 2 is 2.41 bits per heavy atom. The molecule has 0 aliphatic carbocycles. The van der Waals surface area contributed by atoms with Gasteiger partial charge in [0, 0.05) is 6.20 Å². The van der Waals surface area contributed by atoms with Crippen LogP contribution in [0.1, 0.15) is 18.4 Å². The molecule has 2 heterocycles. The van der Waals surface area contributed by atoms with Crippen LogP contribution in [0.3, 0.4) is 0 Å². The van der Waals surface area contributed by atoms with Gasteiger partial charge in [0.15, 0.2) is 5.69 Å². The summed E-state index contributed by atoms with van der Waals surface area (Å²) >= 11 is 0. The molecule has 0 spiro atoms. The van der Waals surface area contributed by atoms with Gasteiger partial charge in [-0.15, -0.1) is 0 Å². The van der Waals surface area contributed by atoms with Crippen LogP contribution < -0.4 is 0 Å². The lowest BCUT2D eigenvalue weighted by Gasteiger charge is -2.01. The summed E-state index contributed by atoms with van der Waals surface area (Å²) < 4.78 is 6.59. The van der Waals surface area contributed by atoms with E-state index in [1.54, 1.807) is 23.6 Å². The van der Waals surface area contributed by atoms with Crippen LogP contribution >= 0.6 is 0 Å². The zero-order valence-electron chi connectivity index (χ0n) is 9.38. The van der Waals surface area contributed by atoms with Gasteiger partial charge in [-0.3, -0.25) is 4.79 Å². The summed E-state index contributed by atoms with van der Waals surface area (Å²) in [5.74, 6) is 0.184. The first-order valence-corrected chi connectivity index (χ1v) is 5.28. The molecule has 0 fully saturated rings. The van der Waals surface area contributed by atoms with Crippen LogP contribution in [0, 0.1) is 11.3 Å². The topological polar surface area (TPSA) is 67.4 Å². The van der Waals surface area contributed by atoms with Crippen LogP contribution in [0.4, 0.5) is 0 Å². The molecular weight excluding hydrogens is 218 g/mol. The molecule has 0 radical (unpaired) electrons. The van der Waals surface area contributed by atoms with Gasteiger partial charge < -0.3 is 9.14 Å². The van der Waals surface area contributed by atoms with E-state index in [4.69, 9.17) is 10.00 Å². The van der Waals surface area contributed by atoms with E-state index in [0.717, 1.165) is 0 Å². The number of fused-ring (bicyclic) bond motifs is 1. The summed E-state index contributed by atoms with van der Waals surface area (Å²) in [5, 5.41) is 8.94. The standard InChI is InChI=1S/C12H11N3O2/c1-2-17-12(16)7-11-14-9(8-13)10-5-3-4-6-15(10)11/h3-6H,2,7H2,1H3. The third-order valence-corrected chi connectivity index (χ3v) is 2.34. The fourth-order valence-electron chi connectivity index (χ4n) is 1.65. The molecule has 5 heteroatoms. The highest BCUT2D eigenvalue weighted by molar-refractivity contribution is 5.72. The first-order valence-electron chi connectivity index (χ1n) is 5.28. The van der Waals surface area contributed by atoms with Crippen LogP contribution in [0.5, 0.6) is 0 Å². The van der Waals surface area contributed by atoms with Crippen molar-refractivity contribution in [2.24, 2.45) is 0 Å². The average Bonchev–Trinajstić information content (AvgIpc) is 2.68. The highest BCUT2D eigenvalue weighted by Gasteiger charge is 2.13. The molecule has 0 aliphatic rings. The average molecular weight is 229 g/mol. The molecule has 0 aliphatic heterocycles. The van der Waals surface area contributed by atoms with Crippen molar-refractivity contribution in [2.45, 2.75) is 13.3 Å². The van der Waals surface area contributed by atoms with Crippen LogP contribution in [-0.2, 0) is 16.0 Å². The Morgan fingerprint density at radius 3 is 3.12 bits per heavy atom. The maximum atomic E-state index is 11.4. The van der Waals surface area contributed by atoms with Crippen molar-refractivity contribution in [1.29, 1.82) is 5.26 Å². The second kappa shape index (κ2) is 4.66. The smallest absolute Gasteiger partial charge is 0.313 e. The van der Waals surface area contributed by atoms with Crippen LogP contribution in [0.15, 0.2) is 24.4 Å². The van der Waals surface area contributed by atoms with E-state index in [9.17, 15) is 4.79 Å². The lowest BCUT2D eigenvalue weighted by molar-refractivity contribution is -0.142. The van der Waals surface area contributed by atoms with Gasteiger partial charge in [-0.1, -0.05) is 6.07 Å². The van der Waals surface area contributed by atoms with Crippen molar-refractivity contribution >= 4 is 11.5 Å². The molecule has 86 valence electrons. The molecule has 5 nitrogen and oxygen atoms in total. The number of aromatic nitrogens is 2. The van der Waals surface area contributed by atoms with Crippen molar-refractivity contribution in [2.75, 3.05) is 6.61 Å². The minimum atomic E-state index is -0.340. The number of nitriles is 1. The second-order valence-corrected chi connectivity index (χ2v) is 3.43. The first-order chi connectivity index (χ1) is 8.26. The Balaban J connectivity index is 2.41. The van der Waals surface area contributed by atoms with E-state index in [-0.39, 0.29) is 12.4 Å². The Kier molecular flexibility index (Phi) is 3.06. The van der Waals surface area contributed by atoms with E-state index in [1.165, 1.54) is 0 Å². The fourth-order valence-corrected chi connectivity index (χ4v) is 1.65. The van der Waals surface area contributed by atoms with Gasteiger partial charge in [0.1, 0.15) is 18.3 Å². The Bertz CT molecular complexity index is 595. The zero-order valence-corrected chi connectivity index (χ0v) is 9.38. The third-order valence-electron chi connectivity index (χ3n) is 2.34. The molecule has 2 rings (SSSR count). The predicted octanol–water partition coefficient (Wildman–Crippen LogP) is 1.31. The van der Waals surface area contributed by atoms with E-state index < -0.39 is 0 Å². The molecule has 17 heavy (non-hydrogen) atoms. The number of nitrogens with zero attached hydrogens (tertiary/aromatic N) is 3. The van der Waals surface area contributed by atoms with Gasteiger partial charge in [-0.05, 0) is 19.1 Å². The lowest BCUT2D eigenvalue weighted by atomic mass is 10.3. The number of rotatable bonds is 3.